The normalized spacial score (nSPS) is 20.4. The van der Waals surface area contributed by atoms with Gasteiger partial charge in [0.1, 0.15) is 18.5 Å². The number of halogens is 3. The van der Waals surface area contributed by atoms with Crippen LogP contribution in [0.2, 0.25) is 0 Å². The summed E-state index contributed by atoms with van der Waals surface area (Å²) in [5, 5.41) is 2.37. The number of hydrogen-bond acceptors (Lipinski definition) is 7. The second kappa shape index (κ2) is 13.9. The number of likely N-dealkylation sites (N-methyl/N-ethyl adjacent to an activating group) is 1. The number of nitrogens with zero attached hydrogens (tertiary/aromatic N) is 7. The van der Waals surface area contributed by atoms with Crippen LogP contribution in [0.25, 0.3) is 15.6 Å². The number of ether oxygens (including phenoxy) is 1. The van der Waals surface area contributed by atoms with Gasteiger partial charge in [0.2, 0.25) is 12.5 Å². The van der Waals surface area contributed by atoms with Crippen LogP contribution in [0.15, 0.2) is 48.8 Å². The summed E-state index contributed by atoms with van der Waals surface area (Å²) < 4.78 is 47.3. The van der Waals surface area contributed by atoms with E-state index < -0.39 is 23.7 Å². The van der Waals surface area contributed by atoms with Gasteiger partial charge in [0.15, 0.2) is 5.83 Å². The highest BCUT2D eigenvalue weighted by molar-refractivity contribution is 5.97. The minimum atomic E-state index is -2.57. The summed E-state index contributed by atoms with van der Waals surface area (Å²) in [4.78, 5) is 33.8. The van der Waals surface area contributed by atoms with Crippen molar-refractivity contribution in [2.45, 2.75) is 70.6 Å². The third-order valence-corrected chi connectivity index (χ3v) is 10.6. The van der Waals surface area contributed by atoms with Gasteiger partial charge in [-0.2, -0.15) is 9.97 Å². The standard InChI is InChI=1S/C37H44F3N7O2/c1-23-9-7-10-27-11-8-12-32(33(23)27)45-14-13-30-31(21-45)42-36(49-22-24(2)44(6)26(4)28-17-37(39,40)18-28)43-34(30)46-15-16-47(35(48)25(3)38)29(20-46)19-41-5/h7-12,24,26,28-29H,3,13-22H2,1-2,4,6H3/t24-,26+,29-/m0/s1. The molecule has 6 rings (SSSR count). The van der Waals surface area contributed by atoms with Crippen molar-refractivity contribution in [1.29, 1.82) is 0 Å². The highest BCUT2D eigenvalue weighted by Gasteiger charge is 2.48. The monoisotopic (exact) mass is 675 g/mol. The molecule has 9 nitrogen and oxygen atoms in total. The summed E-state index contributed by atoms with van der Waals surface area (Å²) in [5.41, 5.74) is 4.14. The van der Waals surface area contributed by atoms with E-state index in [9.17, 15) is 18.0 Å². The van der Waals surface area contributed by atoms with Crippen LogP contribution in [0.3, 0.4) is 0 Å². The van der Waals surface area contributed by atoms with Crippen LogP contribution in [0.1, 0.15) is 43.5 Å². The summed E-state index contributed by atoms with van der Waals surface area (Å²) in [6.07, 6.45) is 0.482. The molecular weight excluding hydrogens is 631 g/mol. The molecule has 1 aromatic heterocycles. The molecule has 0 spiro atoms. The molecule has 3 aromatic rings. The van der Waals surface area contributed by atoms with E-state index in [4.69, 9.17) is 21.3 Å². The Morgan fingerprint density at radius 3 is 2.57 bits per heavy atom. The first kappa shape index (κ1) is 34.5. The quantitative estimate of drug-likeness (QED) is 0.191. The fourth-order valence-corrected chi connectivity index (χ4v) is 7.52. The van der Waals surface area contributed by atoms with Crippen molar-refractivity contribution in [3.8, 4) is 6.01 Å². The fraction of sp³-hybridized carbons (Fsp3) is 0.514. The zero-order chi connectivity index (χ0) is 35.0. The fourth-order valence-electron chi connectivity index (χ4n) is 7.52. The highest BCUT2D eigenvalue weighted by Crippen LogP contribution is 2.45. The van der Waals surface area contributed by atoms with Gasteiger partial charge in [0.25, 0.3) is 5.91 Å². The molecule has 1 amide bonds. The molecule has 3 atom stereocenters. The number of aryl methyl sites for hydroxylation is 1. The summed E-state index contributed by atoms with van der Waals surface area (Å²) in [6.45, 7) is 19.2. The Balaban J connectivity index is 1.29. The molecular formula is C37H44F3N7O2. The zero-order valence-corrected chi connectivity index (χ0v) is 28.6. The first-order valence-corrected chi connectivity index (χ1v) is 17.0. The van der Waals surface area contributed by atoms with Crippen LogP contribution in [-0.2, 0) is 17.8 Å². The van der Waals surface area contributed by atoms with Gasteiger partial charge in [0, 0.05) is 67.7 Å². The van der Waals surface area contributed by atoms with E-state index in [1.807, 2.05) is 20.9 Å². The van der Waals surface area contributed by atoms with Crippen molar-refractivity contribution < 1.29 is 22.7 Å². The Bertz CT molecular complexity index is 1770. The molecule has 0 unspecified atom stereocenters. The summed E-state index contributed by atoms with van der Waals surface area (Å²) in [5.74, 6) is -3.78. The van der Waals surface area contributed by atoms with Crippen LogP contribution < -0.4 is 14.5 Å². The van der Waals surface area contributed by atoms with Gasteiger partial charge in [0.05, 0.1) is 12.2 Å². The lowest BCUT2D eigenvalue weighted by Crippen LogP contribution is -2.57. The number of piperazine rings is 1. The van der Waals surface area contributed by atoms with Gasteiger partial charge in [-0.3, -0.25) is 9.69 Å². The van der Waals surface area contributed by atoms with E-state index >= 15 is 0 Å². The topological polar surface area (TPSA) is 69.4 Å². The number of carbonyl (C=O) groups is 1. The lowest BCUT2D eigenvalue weighted by atomic mass is 9.76. The number of alkyl halides is 2. The predicted octanol–water partition coefficient (Wildman–Crippen LogP) is 6.05. The van der Waals surface area contributed by atoms with E-state index in [1.165, 1.54) is 21.2 Å². The van der Waals surface area contributed by atoms with Gasteiger partial charge in [-0.15, -0.1) is 0 Å². The number of aromatic nitrogens is 2. The average molecular weight is 676 g/mol. The number of amides is 1. The summed E-state index contributed by atoms with van der Waals surface area (Å²) >= 11 is 0. The van der Waals surface area contributed by atoms with E-state index in [1.54, 1.807) is 0 Å². The lowest BCUT2D eigenvalue weighted by molar-refractivity contribution is -0.131. The Morgan fingerprint density at radius 2 is 1.88 bits per heavy atom. The predicted molar refractivity (Wildman–Crippen MR) is 185 cm³/mol. The van der Waals surface area contributed by atoms with E-state index in [2.05, 4.69) is 69.4 Å². The largest absolute Gasteiger partial charge is 0.462 e. The van der Waals surface area contributed by atoms with Crippen molar-refractivity contribution in [1.82, 2.24) is 19.8 Å². The van der Waals surface area contributed by atoms with Crippen molar-refractivity contribution in [2.24, 2.45) is 5.92 Å². The van der Waals surface area contributed by atoms with Gasteiger partial charge in [-0.1, -0.05) is 36.9 Å². The first-order chi connectivity index (χ1) is 23.4. The number of benzene rings is 2. The molecule has 1 saturated heterocycles. The molecule has 49 heavy (non-hydrogen) atoms. The van der Waals surface area contributed by atoms with Crippen LogP contribution in [0.5, 0.6) is 6.01 Å². The average Bonchev–Trinajstić information content (AvgIpc) is 3.07. The maximum Gasteiger partial charge on any atom is 0.318 e. The molecule has 2 aliphatic heterocycles. The van der Waals surface area contributed by atoms with Crippen molar-refractivity contribution in [3.05, 3.63) is 77.0 Å². The second-order valence-corrected chi connectivity index (χ2v) is 13.8. The summed E-state index contributed by atoms with van der Waals surface area (Å²) in [7, 11) is 1.93. The van der Waals surface area contributed by atoms with Crippen molar-refractivity contribution >= 4 is 28.2 Å². The van der Waals surface area contributed by atoms with E-state index in [0.717, 1.165) is 23.5 Å². The van der Waals surface area contributed by atoms with E-state index in [0.29, 0.717) is 31.9 Å². The molecule has 0 radical (unpaired) electrons. The Hall–Kier alpha value is -4.37. The number of rotatable bonds is 10. The minimum Gasteiger partial charge on any atom is -0.462 e. The second-order valence-electron chi connectivity index (χ2n) is 13.8. The van der Waals surface area contributed by atoms with Crippen molar-refractivity contribution in [3.63, 3.8) is 0 Å². The number of hydrogen-bond donors (Lipinski definition) is 0. The third-order valence-electron chi connectivity index (χ3n) is 10.6. The van der Waals surface area contributed by atoms with Crippen LogP contribution in [0, 0.1) is 19.4 Å². The maximum atomic E-state index is 13.9. The molecule has 0 N–H and O–H groups in total. The maximum absolute atomic E-state index is 13.9. The smallest absolute Gasteiger partial charge is 0.318 e. The highest BCUT2D eigenvalue weighted by atomic mass is 19.3. The number of carbonyl (C=O) groups excluding carboxylic acids is 1. The Labute approximate surface area is 286 Å². The third kappa shape index (κ3) is 7.04. The van der Waals surface area contributed by atoms with Gasteiger partial charge in [-0.25, -0.2) is 19.7 Å². The van der Waals surface area contributed by atoms with E-state index in [-0.39, 0.29) is 56.6 Å². The van der Waals surface area contributed by atoms with Gasteiger partial charge >= 0.3 is 6.01 Å². The lowest BCUT2D eigenvalue weighted by Gasteiger charge is -2.43. The number of fused-ring (bicyclic) bond motifs is 2. The van der Waals surface area contributed by atoms with Gasteiger partial charge < -0.3 is 24.3 Å². The van der Waals surface area contributed by atoms with Crippen LogP contribution in [-0.4, -0.2) is 96.1 Å². The molecule has 3 heterocycles. The minimum absolute atomic E-state index is 0.0231. The molecule has 0 bridgehead atoms. The number of anilines is 2. The molecule has 2 fully saturated rings. The molecule has 1 saturated carbocycles. The molecule has 260 valence electrons. The molecule has 1 aliphatic carbocycles. The molecule has 2 aromatic carbocycles. The molecule has 3 aliphatic rings. The SMILES string of the molecule is [C-]#[N+]C[C@H]1CN(c2nc(OC[C@H](C)N(C)[C@H](C)C3CC(F)(F)C3)nc3c2CCN(c2cccc4cccc(C)c24)C3)CCN1C(=O)C(=C)F. The van der Waals surface area contributed by atoms with Crippen molar-refractivity contribution in [2.75, 3.05) is 56.2 Å². The first-order valence-electron chi connectivity index (χ1n) is 17.0. The zero-order valence-electron chi connectivity index (χ0n) is 28.6. The van der Waals surface area contributed by atoms with Crippen LogP contribution in [0.4, 0.5) is 24.7 Å². The Morgan fingerprint density at radius 1 is 1.14 bits per heavy atom. The van der Waals surface area contributed by atoms with Crippen LogP contribution >= 0.6 is 0 Å². The van der Waals surface area contributed by atoms with Gasteiger partial charge in [-0.05, 0) is 57.2 Å². The molecule has 12 heteroatoms. The Kier molecular flexibility index (Phi) is 9.76. The summed E-state index contributed by atoms with van der Waals surface area (Å²) in [6, 6.07) is 12.2.